The first-order valence-corrected chi connectivity index (χ1v) is 5.59. The number of rotatable bonds is 3. The van der Waals surface area contributed by atoms with Crippen molar-refractivity contribution in [2.75, 3.05) is 13.2 Å². The van der Waals surface area contributed by atoms with Gasteiger partial charge in [0.25, 0.3) is 0 Å². The van der Waals surface area contributed by atoms with Gasteiger partial charge in [0.15, 0.2) is 0 Å². The van der Waals surface area contributed by atoms with Crippen molar-refractivity contribution in [3.63, 3.8) is 0 Å². The van der Waals surface area contributed by atoms with E-state index in [0.717, 1.165) is 10.9 Å². The second kappa shape index (κ2) is 3.65. The molecule has 0 aromatic heterocycles. The highest BCUT2D eigenvalue weighted by Crippen LogP contribution is 2.53. The molecule has 1 aromatic carbocycles. The molecule has 3 N–H and O–H groups in total. The van der Waals surface area contributed by atoms with Gasteiger partial charge in [-0.25, -0.2) is 0 Å². The Morgan fingerprint density at radius 1 is 1.43 bits per heavy atom. The Bertz CT molecular complexity index is 325. The number of hydrogen-bond acceptors (Lipinski definition) is 2. The summed E-state index contributed by atoms with van der Waals surface area (Å²) in [6.45, 7) is 0.868. The minimum atomic E-state index is -0.0462. The Morgan fingerprint density at radius 2 is 2.07 bits per heavy atom. The standard InChI is InChI=1S/C11H14BrNO/c12-10-3-1-8(2-4-10)11(7-14)5-9(11)6-13/h1-4,9,14H,5-7,13H2. The van der Waals surface area contributed by atoms with Crippen LogP contribution < -0.4 is 5.73 Å². The molecule has 0 radical (unpaired) electrons. The molecule has 0 saturated heterocycles. The summed E-state index contributed by atoms with van der Waals surface area (Å²) in [5, 5.41) is 9.41. The molecule has 76 valence electrons. The molecule has 0 spiro atoms. The Morgan fingerprint density at radius 3 is 2.50 bits per heavy atom. The predicted molar refractivity (Wildman–Crippen MR) is 60.1 cm³/mol. The van der Waals surface area contributed by atoms with Crippen LogP contribution in [0.5, 0.6) is 0 Å². The first-order chi connectivity index (χ1) is 6.73. The Balaban J connectivity index is 2.26. The topological polar surface area (TPSA) is 46.2 Å². The molecule has 1 aromatic rings. The number of hydrogen-bond donors (Lipinski definition) is 2. The molecule has 0 amide bonds. The SMILES string of the molecule is NCC1CC1(CO)c1ccc(Br)cc1. The molecule has 14 heavy (non-hydrogen) atoms. The van der Waals surface area contributed by atoms with E-state index >= 15 is 0 Å². The van der Waals surface area contributed by atoms with Crippen molar-refractivity contribution in [3.8, 4) is 0 Å². The van der Waals surface area contributed by atoms with Crippen molar-refractivity contribution in [2.24, 2.45) is 11.7 Å². The molecule has 1 aliphatic rings. The van der Waals surface area contributed by atoms with E-state index in [2.05, 4.69) is 28.1 Å². The summed E-state index contributed by atoms with van der Waals surface area (Å²) in [5.41, 5.74) is 6.79. The van der Waals surface area contributed by atoms with Gasteiger partial charge in [-0.2, -0.15) is 0 Å². The van der Waals surface area contributed by atoms with Gasteiger partial charge in [0.05, 0.1) is 6.61 Å². The van der Waals surface area contributed by atoms with Gasteiger partial charge < -0.3 is 10.8 Å². The van der Waals surface area contributed by atoms with Crippen LogP contribution in [0.1, 0.15) is 12.0 Å². The molecule has 1 fully saturated rings. The minimum absolute atomic E-state index is 0.0462. The van der Waals surface area contributed by atoms with E-state index in [-0.39, 0.29) is 12.0 Å². The molecule has 2 unspecified atom stereocenters. The monoisotopic (exact) mass is 255 g/mol. The average Bonchev–Trinajstić information content (AvgIpc) is 2.94. The second-order valence-electron chi connectivity index (χ2n) is 3.96. The van der Waals surface area contributed by atoms with Crippen LogP contribution in [0.15, 0.2) is 28.7 Å². The van der Waals surface area contributed by atoms with E-state index in [1.807, 2.05) is 12.1 Å². The van der Waals surface area contributed by atoms with Crippen molar-refractivity contribution in [1.82, 2.24) is 0 Å². The van der Waals surface area contributed by atoms with E-state index in [1.165, 1.54) is 5.56 Å². The zero-order valence-electron chi connectivity index (χ0n) is 7.91. The zero-order valence-corrected chi connectivity index (χ0v) is 9.50. The molecule has 0 aliphatic heterocycles. The number of halogens is 1. The number of nitrogens with two attached hydrogens (primary N) is 1. The molecular formula is C11H14BrNO. The summed E-state index contributed by atoms with van der Waals surface area (Å²) in [7, 11) is 0. The molecule has 2 nitrogen and oxygen atoms in total. The molecule has 3 heteroatoms. The van der Waals surface area contributed by atoms with E-state index in [4.69, 9.17) is 5.73 Å². The highest BCUT2D eigenvalue weighted by atomic mass is 79.9. The Hall–Kier alpha value is -0.380. The lowest BCUT2D eigenvalue weighted by molar-refractivity contribution is 0.246. The summed E-state index contributed by atoms with van der Waals surface area (Å²) in [5.74, 6) is 0.452. The number of aliphatic hydroxyl groups excluding tert-OH is 1. The third-order valence-electron chi connectivity index (χ3n) is 3.22. The molecule has 0 bridgehead atoms. The first kappa shape index (κ1) is 10.1. The van der Waals surface area contributed by atoms with Crippen molar-refractivity contribution >= 4 is 15.9 Å². The summed E-state index contributed by atoms with van der Waals surface area (Å²) in [6.07, 6.45) is 1.02. The van der Waals surface area contributed by atoms with Gasteiger partial charge in [0.1, 0.15) is 0 Å². The quantitative estimate of drug-likeness (QED) is 0.863. The Labute approximate surface area is 92.3 Å². The largest absolute Gasteiger partial charge is 0.395 e. The molecule has 1 aliphatic carbocycles. The van der Waals surface area contributed by atoms with Crippen LogP contribution in [0.4, 0.5) is 0 Å². The van der Waals surface area contributed by atoms with Crippen molar-refractivity contribution in [3.05, 3.63) is 34.3 Å². The summed E-state index contributed by atoms with van der Waals surface area (Å²) >= 11 is 3.40. The highest BCUT2D eigenvalue weighted by molar-refractivity contribution is 9.10. The first-order valence-electron chi connectivity index (χ1n) is 4.80. The van der Waals surface area contributed by atoms with Crippen LogP contribution in [0.25, 0.3) is 0 Å². The van der Waals surface area contributed by atoms with Crippen LogP contribution in [0.3, 0.4) is 0 Å². The predicted octanol–water partition coefficient (Wildman–Crippen LogP) is 1.66. The normalized spacial score (nSPS) is 30.4. The van der Waals surface area contributed by atoms with Crippen LogP contribution in [0.2, 0.25) is 0 Å². The van der Waals surface area contributed by atoms with Gasteiger partial charge in [0.2, 0.25) is 0 Å². The third-order valence-corrected chi connectivity index (χ3v) is 3.75. The fourth-order valence-electron chi connectivity index (χ4n) is 2.11. The van der Waals surface area contributed by atoms with Crippen LogP contribution >= 0.6 is 15.9 Å². The smallest absolute Gasteiger partial charge is 0.0531 e. The maximum absolute atomic E-state index is 9.41. The fourth-order valence-corrected chi connectivity index (χ4v) is 2.37. The lowest BCUT2D eigenvalue weighted by Gasteiger charge is -2.14. The summed E-state index contributed by atoms with van der Waals surface area (Å²) < 4.78 is 1.07. The van der Waals surface area contributed by atoms with E-state index in [1.54, 1.807) is 0 Å². The minimum Gasteiger partial charge on any atom is -0.395 e. The van der Waals surface area contributed by atoms with Crippen molar-refractivity contribution in [1.29, 1.82) is 0 Å². The van der Waals surface area contributed by atoms with Gasteiger partial charge in [-0.3, -0.25) is 0 Å². The van der Waals surface area contributed by atoms with Crippen molar-refractivity contribution in [2.45, 2.75) is 11.8 Å². The second-order valence-corrected chi connectivity index (χ2v) is 4.87. The summed E-state index contributed by atoms with van der Waals surface area (Å²) in [4.78, 5) is 0. The highest BCUT2D eigenvalue weighted by Gasteiger charge is 2.53. The maximum atomic E-state index is 9.41. The Kier molecular flexibility index (Phi) is 2.64. The van der Waals surface area contributed by atoms with E-state index in [9.17, 15) is 5.11 Å². The van der Waals surface area contributed by atoms with Gasteiger partial charge in [-0.05, 0) is 36.6 Å². The summed E-state index contributed by atoms with van der Waals surface area (Å²) in [6, 6.07) is 8.16. The molecule has 2 atom stereocenters. The van der Waals surface area contributed by atoms with Crippen LogP contribution in [-0.2, 0) is 5.41 Å². The van der Waals surface area contributed by atoms with E-state index < -0.39 is 0 Å². The van der Waals surface area contributed by atoms with Gasteiger partial charge in [0, 0.05) is 9.89 Å². The lowest BCUT2D eigenvalue weighted by atomic mass is 9.94. The lowest BCUT2D eigenvalue weighted by Crippen LogP contribution is -2.19. The zero-order chi connectivity index (χ0) is 10.2. The molecule has 0 heterocycles. The van der Waals surface area contributed by atoms with Gasteiger partial charge >= 0.3 is 0 Å². The maximum Gasteiger partial charge on any atom is 0.0531 e. The molecular weight excluding hydrogens is 242 g/mol. The van der Waals surface area contributed by atoms with E-state index in [0.29, 0.717) is 12.5 Å². The fraction of sp³-hybridized carbons (Fsp3) is 0.455. The van der Waals surface area contributed by atoms with Crippen LogP contribution in [0, 0.1) is 5.92 Å². The van der Waals surface area contributed by atoms with Crippen molar-refractivity contribution < 1.29 is 5.11 Å². The van der Waals surface area contributed by atoms with Gasteiger partial charge in [-0.1, -0.05) is 28.1 Å². The molecule has 2 rings (SSSR count). The number of aliphatic hydroxyl groups is 1. The number of benzene rings is 1. The average molecular weight is 256 g/mol. The van der Waals surface area contributed by atoms with Crippen LogP contribution in [-0.4, -0.2) is 18.3 Å². The van der Waals surface area contributed by atoms with Gasteiger partial charge in [-0.15, -0.1) is 0 Å². The third kappa shape index (κ3) is 1.49. The molecule has 1 saturated carbocycles.